The van der Waals surface area contributed by atoms with E-state index < -0.39 is 12.5 Å². The van der Waals surface area contributed by atoms with Gasteiger partial charge in [-0.15, -0.1) is 0 Å². The molecule has 3 aromatic heterocycles. The van der Waals surface area contributed by atoms with Crippen LogP contribution in [0.25, 0.3) is 22.2 Å². The van der Waals surface area contributed by atoms with Crippen LogP contribution in [-0.4, -0.2) is 48.6 Å². The number of carbonyl (C=O) groups excluding carboxylic acids is 1. The van der Waals surface area contributed by atoms with Gasteiger partial charge in [-0.1, -0.05) is 18.2 Å². The van der Waals surface area contributed by atoms with Crippen LogP contribution < -0.4 is 5.32 Å². The lowest BCUT2D eigenvalue weighted by Gasteiger charge is -2.25. The zero-order chi connectivity index (χ0) is 25.0. The van der Waals surface area contributed by atoms with Gasteiger partial charge in [0, 0.05) is 66.7 Å². The van der Waals surface area contributed by atoms with E-state index in [1.165, 1.54) is 10.9 Å². The summed E-state index contributed by atoms with van der Waals surface area (Å²) in [7, 11) is 1.60. The Morgan fingerprint density at radius 2 is 1.94 bits per heavy atom. The lowest BCUT2D eigenvalue weighted by molar-refractivity contribution is 0.143. The van der Waals surface area contributed by atoms with E-state index in [9.17, 15) is 13.6 Å². The van der Waals surface area contributed by atoms with Crippen LogP contribution in [0.2, 0.25) is 0 Å². The Morgan fingerprint density at radius 3 is 2.78 bits per heavy atom. The van der Waals surface area contributed by atoms with Crippen LogP contribution in [0, 0.1) is 0 Å². The smallest absolute Gasteiger partial charge is 0.317 e. The number of pyridine rings is 1. The Balaban J connectivity index is 1.19. The largest absolute Gasteiger partial charge is 0.331 e. The molecule has 1 N–H and O–H groups in total. The van der Waals surface area contributed by atoms with Gasteiger partial charge in [-0.2, -0.15) is 10.2 Å². The van der Waals surface area contributed by atoms with Gasteiger partial charge in [0.25, 0.3) is 6.43 Å². The van der Waals surface area contributed by atoms with E-state index in [-0.39, 0.29) is 17.1 Å². The summed E-state index contributed by atoms with van der Waals surface area (Å²) in [5, 5.41) is 12.7. The third-order valence-corrected chi connectivity index (χ3v) is 7.55. The first-order valence-corrected chi connectivity index (χ1v) is 12.1. The highest BCUT2D eigenvalue weighted by molar-refractivity contribution is 5.83. The first-order chi connectivity index (χ1) is 17.3. The highest BCUT2D eigenvalue weighted by Crippen LogP contribution is 2.44. The molecular formula is C26H27F2N7O. The van der Waals surface area contributed by atoms with Gasteiger partial charge in [-0.05, 0) is 38.0 Å². The second-order valence-corrected chi connectivity index (χ2v) is 9.87. The van der Waals surface area contributed by atoms with Gasteiger partial charge in [-0.3, -0.25) is 14.3 Å². The van der Waals surface area contributed by atoms with Crippen LogP contribution >= 0.6 is 0 Å². The summed E-state index contributed by atoms with van der Waals surface area (Å²) in [5.74, 6) is 0. The molecule has 1 spiro atoms. The summed E-state index contributed by atoms with van der Waals surface area (Å²) < 4.78 is 30.2. The number of rotatable bonds is 4. The van der Waals surface area contributed by atoms with Crippen molar-refractivity contribution < 1.29 is 13.6 Å². The van der Waals surface area contributed by atoms with Crippen LogP contribution in [0.15, 0.2) is 48.8 Å². The van der Waals surface area contributed by atoms with E-state index in [2.05, 4.69) is 32.2 Å². The number of urea groups is 1. The topological polar surface area (TPSA) is 80.9 Å². The van der Waals surface area contributed by atoms with Crippen molar-refractivity contribution in [2.45, 2.75) is 44.2 Å². The first kappa shape index (κ1) is 22.6. The standard InChI is InChI=1S/C26H27F2N7O/c1-16(19-14-33(2)32-23(19)24(27)28)30-25(36)34-9-7-26(15-34)8-10-35-22(26)12-21(31-35)18-11-17-5-3-4-6-20(17)29-13-18/h3-6,11-14,16,24H,7-10,15H2,1-2H3,(H,30,36). The highest BCUT2D eigenvalue weighted by atomic mass is 19.3. The number of carbonyl (C=O) groups is 1. The predicted octanol–water partition coefficient (Wildman–Crippen LogP) is 4.59. The van der Waals surface area contributed by atoms with Gasteiger partial charge in [0.1, 0.15) is 5.69 Å². The second-order valence-electron chi connectivity index (χ2n) is 9.87. The number of nitrogens with zero attached hydrogens (tertiary/aromatic N) is 6. The molecule has 1 fully saturated rings. The summed E-state index contributed by atoms with van der Waals surface area (Å²) in [6.07, 6.45) is 2.46. The fourth-order valence-corrected chi connectivity index (χ4v) is 5.65. The van der Waals surface area contributed by atoms with Gasteiger partial charge in [0.15, 0.2) is 0 Å². The first-order valence-electron chi connectivity index (χ1n) is 12.1. The van der Waals surface area contributed by atoms with E-state index in [0.717, 1.165) is 47.2 Å². The monoisotopic (exact) mass is 491 g/mol. The quantitative estimate of drug-likeness (QED) is 0.453. The van der Waals surface area contributed by atoms with E-state index in [1.54, 1.807) is 18.9 Å². The molecule has 1 aromatic carbocycles. The Labute approximate surface area is 206 Å². The fourth-order valence-electron chi connectivity index (χ4n) is 5.65. The minimum absolute atomic E-state index is 0.154. The maximum Gasteiger partial charge on any atom is 0.317 e. The average molecular weight is 492 g/mol. The minimum atomic E-state index is -2.69. The van der Waals surface area contributed by atoms with E-state index >= 15 is 0 Å². The molecule has 2 aliphatic heterocycles. The molecule has 2 atom stereocenters. The number of alkyl halides is 2. The molecular weight excluding hydrogens is 464 g/mol. The zero-order valence-corrected chi connectivity index (χ0v) is 20.2. The van der Waals surface area contributed by atoms with Crippen molar-refractivity contribution in [3.05, 3.63) is 65.7 Å². The minimum Gasteiger partial charge on any atom is -0.331 e. The molecule has 2 aliphatic rings. The highest BCUT2D eigenvalue weighted by Gasteiger charge is 2.47. The SMILES string of the molecule is CC(NC(=O)N1CCC2(CCn3nc(-c4cnc5ccccc5c4)cc32)C1)c1cn(C)nc1C(F)F. The summed E-state index contributed by atoms with van der Waals surface area (Å²) >= 11 is 0. The predicted molar refractivity (Wildman–Crippen MR) is 131 cm³/mol. The molecule has 0 saturated carbocycles. The molecule has 0 radical (unpaired) electrons. The van der Waals surface area contributed by atoms with E-state index in [4.69, 9.17) is 5.10 Å². The van der Waals surface area contributed by atoms with Crippen LogP contribution in [-0.2, 0) is 19.0 Å². The zero-order valence-electron chi connectivity index (χ0n) is 20.2. The number of aryl methyl sites for hydroxylation is 2. The Kier molecular flexibility index (Phi) is 5.27. The third kappa shape index (κ3) is 3.71. The number of benzene rings is 1. The summed E-state index contributed by atoms with van der Waals surface area (Å²) in [6, 6.07) is 11.4. The van der Waals surface area contributed by atoms with Crippen molar-refractivity contribution in [3.63, 3.8) is 0 Å². The normalized spacial score (nSPS) is 20.0. The molecule has 8 nitrogen and oxygen atoms in total. The van der Waals surface area contributed by atoms with Crippen LogP contribution in [0.3, 0.4) is 0 Å². The Hall–Kier alpha value is -3.82. The lowest BCUT2D eigenvalue weighted by Crippen LogP contribution is -2.41. The number of hydrogen-bond donors (Lipinski definition) is 1. The van der Waals surface area contributed by atoms with Gasteiger partial charge in [0.05, 0.1) is 17.3 Å². The molecule has 2 amide bonds. The molecule has 5 heterocycles. The molecule has 2 unspecified atom stereocenters. The molecule has 0 bridgehead atoms. The van der Waals surface area contributed by atoms with Gasteiger partial charge < -0.3 is 10.2 Å². The molecule has 1 saturated heterocycles. The van der Waals surface area contributed by atoms with Gasteiger partial charge in [-0.25, -0.2) is 13.6 Å². The maximum atomic E-state index is 13.4. The Bertz CT molecular complexity index is 1460. The summed E-state index contributed by atoms with van der Waals surface area (Å²) in [5.41, 5.74) is 3.83. The van der Waals surface area contributed by atoms with Crippen molar-refractivity contribution >= 4 is 16.9 Å². The van der Waals surface area contributed by atoms with Crippen molar-refractivity contribution in [1.29, 1.82) is 0 Å². The number of aromatic nitrogens is 5. The van der Waals surface area contributed by atoms with Crippen LogP contribution in [0.5, 0.6) is 0 Å². The number of hydrogen-bond acceptors (Lipinski definition) is 4. The number of nitrogens with one attached hydrogen (secondary N) is 1. The molecule has 36 heavy (non-hydrogen) atoms. The van der Waals surface area contributed by atoms with Gasteiger partial charge >= 0.3 is 6.03 Å². The Morgan fingerprint density at radius 1 is 1.14 bits per heavy atom. The van der Waals surface area contributed by atoms with E-state index in [1.807, 2.05) is 30.5 Å². The van der Waals surface area contributed by atoms with Crippen LogP contribution in [0.1, 0.15) is 49.2 Å². The molecule has 186 valence electrons. The molecule has 6 rings (SSSR count). The second kappa shape index (κ2) is 8.39. The van der Waals surface area contributed by atoms with Crippen LogP contribution in [0.4, 0.5) is 13.6 Å². The molecule has 0 aliphatic carbocycles. The average Bonchev–Trinajstić information content (AvgIpc) is 3.64. The van der Waals surface area contributed by atoms with Crippen molar-refractivity contribution in [2.24, 2.45) is 7.05 Å². The molecule has 4 aromatic rings. The number of amides is 2. The van der Waals surface area contributed by atoms with Crippen molar-refractivity contribution in [2.75, 3.05) is 13.1 Å². The number of halogens is 2. The van der Waals surface area contributed by atoms with Crippen molar-refractivity contribution in [1.82, 2.24) is 34.8 Å². The summed E-state index contributed by atoms with van der Waals surface area (Å²) in [4.78, 5) is 19.4. The number of fused-ring (bicyclic) bond motifs is 3. The van der Waals surface area contributed by atoms with E-state index in [0.29, 0.717) is 18.7 Å². The van der Waals surface area contributed by atoms with Gasteiger partial charge in [0.2, 0.25) is 0 Å². The molecule has 10 heteroatoms. The summed E-state index contributed by atoms with van der Waals surface area (Å²) in [6.45, 7) is 3.68. The van der Waals surface area contributed by atoms with Crippen molar-refractivity contribution in [3.8, 4) is 11.3 Å². The third-order valence-electron chi connectivity index (χ3n) is 7.55. The number of para-hydroxylation sites is 1. The number of likely N-dealkylation sites (tertiary alicyclic amines) is 1. The maximum absolute atomic E-state index is 13.4. The fraction of sp³-hybridized carbons (Fsp3) is 0.385. The lowest BCUT2D eigenvalue weighted by atomic mass is 9.82.